The molecule has 1 atom stereocenters. The van der Waals surface area contributed by atoms with Crippen LogP contribution in [-0.2, 0) is 11.3 Å². The van der Waals surface area contributed by atoms with Crippen molar-refractivity contribution in [3.05, 3.63) is 35.9 Å². The predicted octanol–water partition coefficient (Wildman–Crippen LogP) is 2.58. The largest absolute Gasteiger partial charge is 0.322 e. The van der Waals surface area contributed by atoms with Crippen LogP contribution in [0.1, 0.15) is 26.3 Å². The Morgan fingerprint density at radius 1 is 1.35 bits per heavy atom. The zero-order chi connectivity index (χ0) is 12.8. The van der Waals surface area contributed by atoms with E-state index in [0.29, 0.717) is 6.54 Å². The Morgan fingerprint density at radius 3 is 2.35 bits per heavy atom. The Kier molecular flexibility index (Phi) is 4.71. The molecule has 17 heavy (non-hydrogen) atoms. The van der Waals surface area contributed by atoms with Crippen molar-refractivity contribution < 1.29 is 4.79 Å². The lowest BCUT2D eigenvalue weighted by molar-refractivity contribution is -0.131. The fraction of sp³-hybridized carbons (Fsp3) is 0.429. The number of benzene rings is 1. The van der Waals surface area contributed by atoms with Gasteiger partial charge in [0, 0.05) is 13.5 Å². The lowest BCUT2D eigenvalue weighted by Gasteiger charge is -2.28. The molecule has 0 saturated heterocycles. The average molecular weight is 230 g/mol. The molecular formula is C14H18N2O. The van der Waals surface area contributed by atoms with Crippen LogP contribution in [0.25, 0.3) is 0 Å². The molecule has 0 aromatic heterocycles. The molecule has 0 N–H and O–H groups in total. The van der Waals surface area contributed by atoms with Gasteiger partial charge in [-0.1, -0.05) is 44.2 Å². The second-order valence-corrected chi connectivity index (χ2v) is 4.45. The topological polar surface area (TPSA) is 44.1 Å². The van der Waals surface area contributed by atoms with E-state index in [2.05, 4.69) is 6.07 Å². The van der Waals surface area contributed by atoms with E-state index in [1.165, 1.54) is 6.92 Å². The molecule has 0 spiro atoms. The van der Waals surface area contributed by atoms with E-state index in [-0.39, 0.29) is 17.9 Å². The molecule has 0 aliphatic carbocycles. The maximum atomic E-state index is 11.6. The number of carbonyl (C=O) groups excluding carboxylic acids is 1. The van der Waals surface area contributed by atoms with Crippen molar-refractivity contribution in [2.24, 2.45) is 5.92 Å². The van der Waals surface area contributed by atoms with E-state index < -0.39 is 0 Å². The van der Waals surface area contributed by atoms with Crippen molar-refractivity contribution in [3.63, 3.8) is 0 Å². The van der Waals surface area contributed by atoms with Gasteiger partial charge in [0.05, 0.1) is 6.07 Å². The first-order valence-electron chi connectivity index (χ1n) is 5.77. The first-order valence-corrected chi connectivity index (χ1v) is 5.77. The van der Waals surface area contributed by atoms with Gasteiger partial charge in [-0.2, -0.15) is 5.26 Å². The van der Waals surface area contributed by atoms with Crippen LogP contribution in [-0.4, -0.2) is 16.8 Å². The van der Waals surface area contributed by atoms with Crippen molar-refractivity contribution in [3.8, 4) is 6.07 Å². The Labute approximate surface area is 103 Å². The highest BCUT2D eigenvalue weighted by Crippen LogP contribution is 2.14. The average Bonchev–Trinajstić information content (AvgIpc) is 2.29. The molecule has 0 saturated carbocycles. The van der Waals surface area contributed by atoms with Crippen LogP contribution < -0.4 is 0 Å². The second kappa shape index (κ2) is 6.05. The Hall–Kier alpha value is -1.82. The molecule has 1 rings (SSSR count). The summed E-state index contributed by atoms with van der Waals surface area (Å²) in [6, 6.07) is 11.6. The van der Waals surface area contributed by atoms with Gasteiger partial charge >= 0.3 is 0 Å². The first kappa shape index (κ1) is 13.2. The Bertz CT molecular complexity index is 406. The molecule has 0 radical (unpaired) electrons. The lowest BCUT2D eigenvalue weighted by atomic mass is 10.0. The van der Waals surface area contributed by atoms with Crippen molar-refractivity contribution >= 4 is 5.91 Å². The van der Waals surface area contributed by atoms with Crippen LogP contribution in [0.3, 0.4) is 0 Å². The third-order valence-electron chi connectivity index (χ3n) is 2.70. The maximum absolute atomic E-state index is 11.6. The summed E-state index contributed by atoms with van der Waals surface area (Å²) < 4.78 is 0. The summed E-state index contributed by atoms with van der Waals surface area (Å²) in [6.07, 6.45) is 0. The summed E-state index contributed by atoms with van der Waals surface area (Å²) >= 11 is 0. The number of nitrogens with zero attached hydrogens (tertiary/aromatic N) is 2. The van der Waals surface area contributed by atoms with E-state index in [9.17, 15) is 4.79 Å². The standard InChI is InChI=1S/C14H18N2O/c1-11(2)14(9-15)16(12(3)17)10-13-7-5-4-6-8-13/h4-8,11,14H,10H2,1-3H3. The molecule has 3 nitrogen and oxygen atoms in total. The highest BCUT2D eigenvalue weighted by atomic mass is 16.2. The molecule has 0 bridgehead atoms. The number of hydrogen-bond donors (Lipinski definition) is 0. The summed E-state index contributed by atoms with van der Waals surface area (Å²) in [7, 11) is 0. The molecule has 1 amide bonds. The predicted molar refractivity (Wildman–Crippen MR) is 66.9 cm³/mol. The zero-order valence-corrected chi connectivity index (χ0v) is 10.6. The second-order valence-electron chi connectivity index (χ2n) is 4.45. The van der Waals surface area contributed by atoms with Crippen molar-refractivity contribution in [2.45, 2.75) is 33.4 Å². The number of hydrogen-bond acceptors (Lipinski definition) is 2. The summed E-state index contributed by atoms with van der Waals surface area (Å²) in [5, 5.41) is 9.15. The fourth-order valence-corrected chi connectivity index (χ4v) is 1.76. The van der Waals surface area contributed by atoms with Crippen LogP contribution in [0.4, 0.5) is 0 Å². The first-order chi connectivity index (χ1) is 8.06. The Morgan fingerprint density at radius 2 is 1.94 bits per heavy atom. The van der Waals surface area contributed by atoms with E-state index in [1.807, 2.05) is 44.2 Å². The van der Waals surface area contributed by atoms with Gasteiger partial charge in [-0.05, 0) is 11.5 Å². The van der Waals surface area contributed by atoms with E-state index in [0.717, 1.165) is 5.56 Å². The molecule has 1 aromatic carbocycles. The summed E-state index contributed by atoms with van der Waals surface area (Å²) in [5.41, 5.74) is 1.05. The van der Waals surface area contributed by atoms with Crippen LogP contribution in [0.5, 0.6) is 0 Å². The van der Waals surface area contributed by atoms with Gasteiger partial charge in [0.25, 0.3) is 0 Å². The van der Waals surface area contributed by atoms with Gasteiger partial charge in [0.15, 0.2) is 0 Å². The number of nitriles is 1. The van der Waals surface area contributed by atoms with Crippen molar-refractivity contribution in [1.82, 2.24) is 4.90 Å². The molecular weight excluding hydrogens is 212 g/mol. The highest BCUT2D eigenvalue weighted by molar-refractivity contribution is 5.74. The Balaban J connectivity index is 2.88. The van der Waals surface area contributed by atoms with Gasteiger partial charge in [0.2, 0.25) is 5.91 Å². The minimum absolute atomic E-state index is 0.0610. The number of carbonyl (C=O) groups is 1. The molecule has 0 fully saturated rings. The molecule has 0 aliphatic rings. The molecule has 0 aliphatic heterocycles. The third-order valence-corrected chi connectivity index (χ3v) is 2.70. The smallest absolute Gasteiger partial charge is 0.220 e. The van der Waals surface area contributed by atoms with Crippen LogP contribution >= 0.6 is 0 Å². The fourth-order valence-electron chi connectivity index (χ4n) is 1.76. The van der Waals surface area contributed by atoms with Crippen LogP contribution in [0, 0.1) is 17.2 Å². The lowest BCUT2D eigenvalue weighted by Crippen LogP contribution is -2.40. The molecule has 1 unspecified atom stereocenters. The third kappa shape index (κ3) is 3.60. The van der Waals surface area contributed by atoms with E-state index in [4.69, 9.17) is 5.26 Å². The van der Waals surface area contributed by atoms with Crippen molar-refractivity contribution in [2.75, 3.05) is 0 Å². The number of amides is 1. The van der Waals surface area contributed by atoms with Gasteiger partial charge < -0.3 is 4.90 Å². The summed E-state index contributed by atoms with van der Waals surface area (Å²) in [5.74, 6) is 0.0710. The maximum Gasteiger partial charge on any atom is 0.220 e. The van der Waals surface area contributed by atoms with Gasteiger partial charge in [0.1, 0.15) is 6.04 Å². The van der Waals surface area contributed by atoms with Gasteiger partial charge in [-0.15, -0.1) is 0 Å². The normalized spacial score (nSPS) is 11.9. The van der Waals surface area contributed by atoms with E-state index >= 15 is 0 Å². The molecule has 0 heterocycles. The number of rotatable bonds is 4. The van der Waals surface area contributed by atoms with Crippen LogP contribution in [0.15, 0.2) is 30.3 Å². The minimum atomic E-state index is -0.368. The summed E-state index contributed by atoms with van der Waals surface area (Å²) in [6.45, 7) is 5.91. The molecule has 1 aromatic rings. The summed E-state index contributed by atoms with van der Waals surface area (Å²) in [4.78, 5) is 13.3. The molecule has 3 heteroatoms. The van der Waals surface area contributed by atoms with Crippen molar-refractivity contribution in [1.29, 1.82) is 5.26 Å². The highest BCUT2D eigenvalue weighted by Gasteiger charge is 2.23. The molecule has 90 valence electrons. The van der Waals surface area contributed by atoms with E-state index in [1.54, 1.807) is 4.90 Å². The van der Waals surface area contributed by atoms with Gasteiger partial charge in [-0.25, -0.2) is 0 Å². The van der Waals surface area contributed by atoms with Crippen LogP contribution in [0.2, 0.25) is 0 Å². The SMILES string of the molecule is CC(=O)N(Cc1ccccc1)C(C#N)C(C)C. The quantitative estimate of drug-likeness (QED) is 0.798. The van der Waals surface area contributed by atoms with Gasteiger partial charge in [-0.3, -0.25) is 4.79 Å². The minimum Gasteiger partial charge on any atom is -0.322 e. The zero-order valence-electron chi connectivity index (χ0n) is 10.6. The monoisotopic (exact) mass is 230 g/mol.